The maximum absolute atomic E-state index is 13.0. The molecule has 0 bridgehead atoms. The first-order valence-electron chi connectivity index (χ1n) is 7.57. The third-order valence-corrected chi connectivity index (χ3v) is 4.31. The van der Waals surface area contributed by atoms with E-state index in [0.29, 0.717) is 25.5 Å². The minimum absolute atomic E-state index is 0.168. The molecule has 2 aromatic heterocycles. The summed E-state index contributed by atoms with van der Waals surface area (Å²) in [5.41, 5.74) is 2.95. The number of H-pyrrole nitrogens is 1. The Kier molecular flexibility index (Phi) is 4.04. The van der Waals surface area contributed by atoms with Gasteiger partial charge in [-0.2, -0.15) is 5.10 Å². The van der Waals surface area contributed by atoms with Gasteiger partial charge in [0, 0.05) is 30.9 Å². The fourth-order valence-corrected chi connectivity index (χ4v) is 3.06. The molecule has 1 saturated heterocycles. The van der Waals surface area contributed by atoms with Crippen LogP contribution in [0.1, 0.15) is 33.5 Å². The molecule has 1 aliphatic heterocycles. The Balaban J connectivity index is 2.00. The van der Waals surface area contributed by atoms with Gasteiger partial charge >= 0.3 is 0 Å². The summed E-state index contributed by atoms with van der Waals surface area (Å²) >= 11 is 0. The Morgan fingerprint density at radius 2 is 2.17 bits per heavy atom. The first-order chi connectivity index (χ1) is 11.0. The maximum atomic E-state index is 13.0. The van der Waals surface area contributed by atoms with Crippen LogP contribution in [0, 0.1) is 13.8 Å². The Labute approximate surface area is 133 Å². The van der Waals surface area contributed by atoms with Crippen molar-refractivity contribution < 1.29 is 9.53 Å². The van der Waals surface area contributed by atoms with E-state index in [1.54, 1.807) is 24.1 Å². The molecule has 0 aliphatic carbocycles. The van der Waals surface area contributed by atoms with Crippen molar-refractivity contribution >= 4 is 5.91 Å². The smallest absolute Gasteiger partial charge is 0.271 e. The SMILES string of the molecule is Cc1n[nH]c(C)c1C1COCCN1C(=O)c1cccc(=O)n1C. The monoisotopic (exact) mass is 316 g/mol. The van der Waals surface area contributed by atoms with Crippen LogP contribution in [0.25, 0.3) is 0 Å². The van der Waals surface area contributed by atoms with Crippen molar-refractivity contribution in [2.45, 2.75) is 19.9 Å². The van der Waals surface area contributed by atoms with E-state index < -0.39 is 0 Å². The van der Waals surface area contributed by atoms with E-state index >= 15 is 0 Å². The molecule has 1 fully saturated rings. The van der Waals surface area contributed by atoms with Crippen LogP contribution in [0.3, 0.4) is 0 Å². The van der Waals surface area contributed by atoms with Gasteiger partial charge in [0.25, 0.3) is 11.5 Å². The lowest BCUT2D eigenvalue weighted by Crippen LogP contribution is -2.45. The topological polar surface area (TPSA) is 80.2 Å². The van der Waals surface area contributed by atoms with Crippen LogP contribution in [0.15, 0.2) is 23.0 Å². The lowest BCUT2D eigenvalue weighted by atomic mass is 10.0. The third-order valence-electron chi connectivity index (χ3n) is 4.31. The largest absolute Gasteiger partial charge is 0.377 e. The van der Waals surface area contributed by atoms with Crippen LogP contribution in [-0.2, 0) is 11.8 Å². The number of hydrogen-bond acceptors (Lipinski definition) is 4. The van der Waals surface area contributed by atoms with E-state index in [1.807, 2.05) is 13.8 Å². The number of morpholine rings is 1. The quantitative estimate of drug-likeness (QED) is 0.894. The molecule has 0 aromatic carbocycles. The molecule has 7 nitrogen and oxygen atoms in total. The Morgan fingerprint density at radius 1 is 1.39 bits per heavy atom. The minimum Gasteiger partial charge on any atom is -0.377 e. The van der Waals surface area contributed by atoms with Crippen LogP contribution in [0.4, 0.5) is 0 Å². The van der Waals surface area contributed by atoms with Crippen LogP contribution in [0.5, 0.6) is 0 Å². The molecule has 2 aromatic rings. The van der Waals surface area contributed by atoms with Gasteiger partial charge in [0.15, 0.2) is 0 Å². The van der Waals surface area contributed by atoms with Crippen molar-refractivity contribution in [3.05, 3.63) is 51.2 Å². The van der Waals surface area contributed by atoms with E-state index in [1.165, 1.54) is 10.6 Å². The lowest BCUT2D eigenvalue weighted by Gasteiger charge is -2.36. The number of rotatable bonds is 2. The number of aromatic nitrogens is 3. The first-order valence-corrected chi connectivity index (χ1v) is 7.57. The molecule has 3 rings (SSSR count). The van der Waals surface area contributed by atoms with Gasteiger partial charge in [-0.15, -0.1) is 0 Å². The predicted octanol–water partition coefficient (Wildman–Crippen LogP) is 0.939. The summed E-state index contributed by atoms with van der Waals surface area (Å²) < 4.78 is 6.96. The van der Waals surface area contributed by atoms with Crippen LogP contribution in [0.2, 0.25) is 0 Å². The summed E-state index contributed by atoms with van der Waals surface area (Å²) in [5.74, 6) is -0.168. The van der Waals surface area contributed by atoms with Crippen LogP contribution >= 0.6 is 0 Å². The number of pyridine rings is 1. The van der Waals surface area contributed by atoms with Crippen molar-refractivity contribution in [3.63, 3.8) is 0 Å². The van der Waals surface area contributed by atoms with Gasteiger partial charge in [-0.05, 0) is 19.9 Å². The van der Waals surface area contributed by atoms with Gasteiger partial charge in [0.2, 0.25) is 0 Å². The molecular formula is C16H20N4O3. The molecule has 1 atom stereocenters. The fourth-order valence-electron chi connectivity index (χ4n) is 3.06. The fraction of sp³-hybridized carbons (Fsp3) is 0.438. The van der Waals surface area contributed by atoms with E-state index in [0.717, 1.165) is 17.0 Å². The number of amides is 1. The average Bonchev–Trinajstić information content (AvgIpc) is 2.88. The van der Waals surface area contributed by atoms with E-state index in [-0.39, 0.29) is 17.5 Å². The molecule has 3 heterocycles. The molecule has 0 saturated carbocycles. The Hall–Kier alpha value is -2.41. The molecular weight excluding hydrogens is 296 g/mol. The minimum atomic E-state index is -0.203. The van der Waals surface area contributed by atoms with Gasteiger partial charge in [-0.3, -0.25) is 14.7 Å². The molecule has 122 valence electrons. The highest BCUT2D eigenvalue weighted by Gasteiger charge is 2.33. The highest BCUT2D eigenvalue weighted by molar-refractivity contribution is 5.93. The second kappa shape index (κ2) is 6.00. The van der Waals surface area contributed by atoms with Crippen molar-refractivity contribution in [1.29, 1.82) is 0 Å². The van der Waals surface area contributed by atoms with E-state index in [9.17, 15) is 9.59 Å². The second-order valence-corrected chi connectivity index (χ2v) is 5.75. The van der Waals surface area contributed by atoms with Crippen molar-refractivity contribution in [3.8, 4) is 0 Å². The van der Waals surface area contributed by atoms with Crippen molar-refractivity contribution in [2.75, 3.05) is 19.8 Å². The summed E-state index contributed by atoms with van der Waals surface area (Å²) in [5, 5.41) is 7.17. The first kappa shape index (κ1) is 15.5. The molecule has 1 N–H and O–H groups in total. The molecule has 0 radical (unpaired) electrons. The summed E-state index contributed by atoms with van der Waals surface area (Å²) in [6.07, 6.45) is 0. The molecule has 7 heteroatoms. The number of ether oxygens (including phenoxy) is 1. The van der Waals surface area contributed by atoms with Gasteiger partial charge in [-0.1, -0.05) is 6.07 Å². The third kappa shape index (κ3) is 2.68. The number of carbonyl (C=O) groups excluding carboxylic acids is 1. The number of aryl methyl sites for hydroxylation is 2. The molecule has 0 spiro atoms. The molecule has 1 aliphatic rings. The number of hydrogen-bond donors (Lipinski definition) is 1. The van der Waals surface area contributed by atoms with Crippen LogP contribution in [-0.4, -0.2) is 45.3 Å². The number of nitrogens with zero attached hydrogens (tertiary/aromatic N) is 3. The Morgan fingerprint density at radius 3 is 2.87 bits per heavy atom. The zero-order valence-corrected chi connectivity index (χ0v) is 13.5. The maximum Gasteiger partial charge on any atom is 0.271 e. The highest BCUT2D eigenvalue weighted by Crippen LogP contribution is 2.29. The summed E-state index contributed by atoms with van der Waals surface area (Å²) in [6.45, 7) is 5.24. The lowest BCUT2D eigenvalue weighted by molar-refractivity contribution is -0.00358. The van der Waals surface area contributed by atoms with Crippen molar-refractivity contribution in [2.24, 2.45) is 7.05 Å². The molecule has 1 unspecified atom stereocenters. The summed E-state index contributed by atoms with van der Waals surface area (Å²) in [4.78, 5) is 26.5. The zero-order valence-electron chi connectivity index (χ0n) is 13.5. The van der Waals surface area contributed by atoms with Gasteiger partial charge in [0.05, 0.1) is 24.9 Å². The summed E-state index contributed by atoms with van der Waals surface area (Å²) in [6, 6.07) is 4.52. The summed E-state index contributed by atoms with van der Waals surface area (Å²) in [7, 11) is 1.61. The van der Waals surface area contributed by atoms with Gasteiger partial charge in [0.1, 0.15) is 5.69 Å². The standard InChI is InChI=1S/C16H20N4O3/c1-10-15(11(2)18-17-10)13-9-23-8-7-20(13)16(22)12-5-4-6-14(21)19(12)3/h4-6,13H,7-9H2,1-3H3,(H,17,18). The highest BCUT2D eigenvalue weighted by atomic mass is 16.5. The van der Waals surface area contributed by atoms with Gasteiger partial charge in [-0.25, -0.2) is 0 Å². The van der Waals surface area contributed by atoms with Crippen molar-refractivity contribution in [1.82, 2.24) is 19.7 Å². The van der Waals surface area contributed by atoms with Crippen LogP contribution < -0.4 is 5.56 Å². The normalized spacial score (nSPS) is 18.2. The average molecular weight is 316 g/mol. The predicted molar refractivity (Wildman–Crippen MR) is 84.3 cm³/mol. The van der Waals surface area contributed by atoms with Gasteiger partial charge < -0.3 is 14.2 Å². The number of aromatic amines is 1. The zero-order chi connectivity index (χ0) is 16.6. The Bertz CT molecular complexity index is 773. The van der Waals surface area contributed by atoms with E-state index in [4.69, 9.17) is 4.74 Å². The molecule has 1 amide bonds. The number of nitrogens with one attached hydrogen (secondary N) is 1. The second-order valence-electron chi connectivity index (χ2n) is 5.75. The van der Waals surface area contributed by atoms with E-state index in [2.05, 4.69) is 10.2 Å². The molecule has 23 heavy (non-hydrogen) atoms. The number of carbonyl (C=O) groups is 1.